The normalized spacial score (nSPS) is 15.8. The Morgan fingerprint density at radius 3 is 2.53 bits per heavy atom. The quantitative estimate of drug-likeness (QED) is 0.910. The highest BCUT2D eigenvalue weighted by Crippen LogP contribution is 2.33. The van der Waals surface area contributed by atoms with Gasteiger partial charge in [-0.05, 0) is 47.5 Å². The number of benzene rings is 1. The molecule has 1 heterocycles. The molecule has 0 bridgehead atoms. The number of tetrazole rings is 1. The Hall–Kier alpha value is -2.24. The van der Waals surface area contributed by atoms with Crippen LogP contribution < -0.4 is 0 Å². The highest BCUT2D eigenvalue weighted by Gasteiger charge is 2.23. The first-order valence-corrected chi connectivity index (χ1v) is 6.38. The maximum absolute atomic E-state index is 10.8. The molecule has 6 heteroatoms. The summed E-state index contributed by atoms with van der Waals surface area (Å²) in [6.07, 6.45) is 4.67. The molecule has 1 saturated carbocycles. The fourth-order valence-electron chi connectivity index (χ4n) is 2.56. The van der Waals surface area contributed by atoms with Crippen LogP contribution in [-0.2, 0) is 0 Å². The first kappa shape index (κ1) is 11.8. The van der Waals surface area contributed by atoms with Crippen LogP contribution in [0.4, 0.5) is 0 Å². The molecule has 0 atom stereocenters. The summed E-state index contributed by atoms with van der Waals surface area (Å²) in [6, 6.07) is 6.60. The van der Waals surface area contributed by atoms with Gasteiger partial charge < -0.3 is 5.11 Å². The second kappa shape index (κ2) is 4.79. The van der Waals surface area contributed by atoms with Gasteiger partial charge in [-0.2, -0.15) is 4.68 Å². The van der Waals surface area contributed by atoms with E-state index in [2.05, 4.69) is 15.5 Å². The van der Waals surface area contributed by atoms with Crippen molar-refractivity contribution < 1.29 is 9.90 Å². The van der Waals surface area contributed by atoms with Crippen molar-refractivity contribution in [3.63, 3.8) is 0 Å². The molecule has 6 nitrogen and oxygen atoms in total. The Balaban J connectivity index is 1.93. The topological polar surface area (TPSA) is 80.9 Å². The average Bonchev–Trinajstić information content (AvgIpc) is 3.09. The third kappa shape index (κ3) is 2.21. The summed E-state index contributed by atoms with van der Waals surface area (Å²) in [5.74, 6) is 0.356. The van der Waals surface area contributed by atoms with E-state index in [1.807, 2.05) is 0 Å². The number of aromatic nitrogens is 4. The molecule has 1 aromatic heterocycles. The molecule has 0 unspecified atom stereocenters. The number of carboxylic acid groups (broad SMARTS) is 1. The van der Waals surface area contributed by atoms with Gasteiger partial charge in [0.05, 0.1) is 11.3 Å². The molecule has 98 valence electrons. The van der Waals surface area contributed by atoms with Crippen molar-refractivity contribution in [2.45, 2.75) is 31.6 Å². The van der Waals surface area contributed by atoms with Gasteiger partial charge in [-0.3, -0.25) is 0 Å². The van der Waals surface area contributed by atoms with Crippen molar-refractivity contribution >= 4 is 5.97 Å². The molecule has 19 heavy (non-hydrogen) atoms. The summed E-state index contributed by atoms with van der Waals surface area (Å²) in [4.78, 5) is 10.8. The summed E-state index contributed by atoms with van der Waals surface area (Å²) in [6.45, 7) is 0. The first-order chi connectivity index (χ1) is 9.25. The molecule has 0 saturated heterocycles. The minimum atomic E-state index is -0.931. The van der Waals surface area contributed by atoms with Gasteiger partial charge in [-0.1, -0.05) is 12.8 Å². The second-order valence-electron chi connectivity index (χ2n) is 4.78. The van der Waals surface area contributed by atoms with Crippen LogP contribution in [0.15, 0.2) is 24.3 Å². The lowest BCUT2D eigenvalue weighted by molar-refractivity contribution is 0.0697. The number of carbonyl (C=O) groups is 1. The molecule has 3 rings (SSSR count). The monoisotopic (exact) mass is 258 g/mol. The molecule has 0 amide bonds. The molecule has 1 fully saturated rings. The Kier molecular flexibility index (Phi) is 2.98. The SMILES string of the molecule is O=C(O)c1ccc(-n2nnnc2C2CCCC2)cc1. The van der Waals surface area contributed by atoms with E-state index in [0.29, 0.717) is 5.92 Å². The van der Waals surface area contributed by atoms with Crippen LogP contribution in [0.5, 0.6) is 0 Å². The molecule has 0 spiro atoms. The number of carboxylic acids is 1. The van der Waals surface area contributed by atoms with Gasteiger partial charge in [0.1, 0.15) is 0 Å². The lowest BCUT2D eigenvalue weighted by Crippen LogP contribution is -2.07. The summed E-state index contributed by atoms with van der Waals surface area (Å²) in [5, 5.41) is 20.8. The maximum atomic E-state index is 10.8. The molecule has 1 aromatic carbocycles. The van der Waals surface area contributed by atoms with Gasteiger partial charge in [0.25, 0.3) is 0 Å². The Morgan fingerprint density at radius 2 is 1.89 bits per heavy atom. The Morgan fingerprint density at radius 1 is 1.21 bits per heavy atom. The lowest BCUT2D eigenvalue weighted by atomic mass is 10.1. The van der Waals surface area contributed by atoms with Crippen LogP contribution in [0, 0.1) is 0 Å². The van der Waals surface area contributed by atoms with E-state index in [1.165, 1.54) is 12.8 Å². The first-order valence-electron chi connectivity index (χ1n) is 6.38. The zero-order valence-electron chi connectivity index (χ0n) is 10.4. The average molecular weight is 258 g/mol. The molecule has 1 N–H and O–H groups in total. The standard InChI is InChI=1S/C13H14N4O2/c18-13(19)10-5-7-11(8-6-10)17-12(14-15-16-17)9-3-1-2-4-9/h5-9H,1-4H2,(H,18,19). The van der Waals surface area contributed by atoms with Crippen LogP contribution in [0.2, 0.25) is 0 Å². The van der Waals surface area contributed by atoms with Crippen molar-refractivity contribution in [1.82, 2.24) is 20.2 Å². The van der Waals surface area contributed by atoms with Gasteiger partial charge in [0, 0.05) is 5.92 Å². The van der Waals surface area contributed by atoms with Crippen LogP contribution in [0.25, 0.3) is 5.69 Å². The third-order valence-electron chi connectivity index (χ3n) is 3.57. The number of hydrogen-bond acceptors (Lipinski definition) is 4. The smallest absolute Gasteiger partial charge is 0.335 e. The number of nitrogens with zero attached hydrogens (tertiary/aromatic N) is 4. The van der Waals surface area contributed by atoms with Gasteiger partial charge in [-0.15, -0.1) is 5.10 Å². The van der Waals surface area contributed by atoms with E-state index in [-0.39, 0.29) is 5.56 Å². The van der Waals surface area contributed by atoms with Crippen molar-refractivity contribution in [1.29, 1.82) is 0 Å². The lowest BCUT2D eigenvalue weighted by Gasteiger charge is -2.09. The Bertz CT molecular complexity index is 585. The van der Waals surface area contributed by atoms with E-state index in [9.17, 15) is 4.79 Å². The fourth-order valence-corrected chi connectivity index (χ4v) is 2.56. The van der Waals surface area contributed by atoms with E-state index < -0.39 is 5.97 Å². The molecule has 0 aliphatic heterocycles. The van der Waals surface area contributed by atoms with Crippen LogP contribution >= 0.6 is 0 Å². The molecule has 1 aliphatic carbocycles. The van der Waals surface area contributed by atoms with Crippen molar-refractivity contribution in [2.24, 2.45) is 0 Å². The highest BCUT2D eigenvalue weighted by molar-refractivity contribution is 5.87. The minimum absolute atomic E-state index is 0.263. The van der Waals surface area contributed by atoms with Crippen LogP contribution in [0.3, 0.4) is 0 Å². The fraction of sp³-hybridized carbons (Fsp3) is 0.385. The highest BCUT2D eigenvalue weighted by atomic mass is 16.4. The van der Waals surface area contributed by atoms with Gasteiger partial charge in [0.15, 0.2) is 5.82 Å². The summed E-state index contributed by atoms with van der Waals surface area (Å²) >= 11 is 0. The van der Waals surface area contributed by atoms with Crippen molar-refractivity contribution in [3.05, 3.63) is 35.7 Å². The zero-order chi connectivity index (χ0) is 13.2. The van der Waals surface area contributed by atoms with Gasteiger partial charge >= 0.3 is 5.97 Å². The van der Waals surface area contributed by atoms with Crippen molar-refractivity contribution in [2.75, 3.05) is 0 Å². The predicted molar refractivity (Wildman–Crippen MR) is 67.3 cm³/mol. The number of rotatable bonds is 3. The summed E-state index contributed by atoms with van der Waals surface area (Å²) in [5.41, 5.74) is 1.07. The molecular formula is C13H14N4O2. The third-order valence-corrected chi connectivity index (χ3v) is 3.57. The van der Waals surface area contributed by atoms with Crippen molar-refractivity contribution in [3.8, 4) is 5.69 Å². The van der Waals surface area contributed by atoms with Crippen LogP contribution in [-0.4, -0.2) is 31.3 Å². The largest absolute Gasteiger partial charge is 0.478 e. The van der Waals surface area contributed by atoms with Gasteiger partial charge in [0.2, 0.25) is 0 Å². The number of aromatic carboxylic acids is 1. The maximum Gasteiger partial charge on any atom is 0.335 e. The van der Waals surface area contributed by atoms with Gasteiger partial charge in [-0.25, -0.2) is 4.79 Å². The zero-order valence-corrected chi connectivity index (χ0v) is 10.4. The minimum Gasteiger partial charge on any atom is -0.478 e. The summed E-state index contributed by atoms with van der Waals surface area (Å²) in [7, 11) is 0. The molecular weight excluding hydrogens is 244 g/mol. The van der Waals surface area contributed by atoms with E-state index in [0.717, 1.165) is 24.4 Å². The Labute approximate surface area is 110 Å². The second-order valence-corrected chi connectivity index (χ2v) is 4.78. The van der Waals surface area contributed by atoms with E-state index >= 15 is 0 Å². The van der Waals surface area contributed by atoms with E-state index in [4.69, 9.17) is 5.11 Å². The molecule has 1 aliphatic rings. The summed E-state index contributed by atoms with van der Waals surface area (Å²) < 4.78 is 1.71. The molecule has 2 aromatic rings. The van der Waals surface area contributed by atoms with Crippen LogP contribution in [0.1, 0.15) is 47.8 Å². The number of hydrogen-bond donors (Lipinski definition) is 1. The molecule has 0 radical (unpaired) electrons. The van der Waals surface area contributed by atoms with E-state index in [1.54, 1.807) is 28.9 Å². The predicted octanol–water partition coefficient (Wildman–Crippen LogP) is 2.02.